The van der Waals surface area contributed by atoms with Crippen LogP contribution in [-0.4, -0.2) is 75.5 Å². The lowest BCUT2D eigenvalue weighted by atomic mass is 10.0. The second-order valence-electron chi connectivity index (χ2n) is 17.3. The van der Waals surface area contributed by atoms with E-state index in [1.807, 2.05) is 0 Å². The first kappa shape index (κ1) is 57.8. The molecule has 0 radical (unpaired) electrons. The van der Waals surface area contributed by atoms with E-state index in [9.17, 15) is 19.5 Å². The lowest BCUT2D eigenvalue weighted by Gasteiger charge is -2.34. The van der Waals surface area contributed by atoms with Gasteiger partial charge in [0.2, 0.25) is 0 Å². The summed E-state index contributed by atoms with van der Waals surface area (Å²) < 4.78 is 17.2. The third-order valence-electron chi connectivity index (χ3n) is 10.6. The van der Waals surface area contributed by atoms with Crippen LogP contribution >= 0.6 is 0 Å². The zero-order chi connectivity index (χ0) is 44.9. The summed E-state index contributed by atoms with van der Waals surface area (Å²) in [6.45, 7) is 4.51. The number of unbranched alkanes of at least 4 members (excludes halogenated alkanes) is 17. The van der Waals surface area contributed by atoms with E-state index in [0.29, 0.717) is 19.3 Å². The van der Waals surface area contributed by atoms with Crippen molar-refractivity contribution in [2.75, 3.05) is 41.0 Å². The molecule has 0 saturated carbocycles. The van der Waals surface area contributed by atoms with Crippen LogP contribution in [0.15, 0.2) is 72.9 Å². The first-order chi connectivity index (χ1) is 29.6. The van der Waals surface area contributed by atoms with Crippen molar-refractivity contribution in [3.63, 3.8) is 0 Å². The number of aliphatic carboxylic acids is 1. The van der Waals surface area contributed by atoms with E-state index in [0.717, 1.165) is 70.6 Å². The highest BCUT2D eigenvalue weighted by Gasteiger charge is 2.25. The predicted octanol–water partition coefficient (Wildman–Crippen LogP) is 12.6. The third-order valence-corrected chi connectivity index (χ3v) is 10.6. The molecule has 0 spiro atoms. The minimum absolute atomic E-state index is 0.0254. The first-order valence-electron chi connectivity index (χ1n) is 24.5. The van der Waals surface area contributed by atoms with Gasteiger partial charge in [0.05, 0.1) is 40.3 Å². The van der Waals surface area contributed by atoms with Crippen molar-refractivity contribution in [3.8, 4) is 0 Å². The van der Waals surface area contributed by atoms with Gasteiger partial charge in [-0.05, 0) is 64.2 Å². The number of carbonyl (C=O) groups is 3. The normalized spacial score (nSPS) is 13.5. The Labute approximate surface area is 374 Å². The second-order valence-corrected chi connectivity index (χ2v) is 17.3. The minimum Gasteiger partial charge on any atom is -0.544 e. The van der Waals surface area contributed by atoms with Gasteiger partial charge in [0.15, 0.2) is 6.10 Å². The van der Waals surface area contributed by atoms with Crippen LogP contribution < -0.4 is 5.11 Å². The molecular weight excluding hydrogens is 763 g/mol. The third kappa shape index (κ3) is 41.9. The fraction of sp³-hybridized carbons (Fsp3) is 0.717. The summed E-state index contributed by atoms with van der Waals surface area (Å²) >= 11 is 0. The van der Waals surface area contributed by atoms with E-state index in [-0.39, 0.29) is 42.7 Å². The number of rotatable bonds is 43. The Morgan fingerprint density at radius 3 is 1.36 bits per heavy atom. The van der Waals surface area contributed by atoms with Crippen LogP contribution in [0.1, 0.15) is 194 Å². The van der Waals surface area contributed by atoms with E-state index in [1.54, 1.807) is 21.1 Å². The second kappa shape index (κ2) is 43.4. The number of nitrogens with zero attached hydrogens (tertiary/aromatic N) is 1. The van der Waals surface area contributed by atoms with Gasteiger partial charge in [-0.15, -0.1) is 0 Å². The molecule has 0 N–H and O–H groups in total. The molecule has 0 amide bonds. The van der Waals surface area contributed by atoms with Crippen molar-refractivity contribution in [1.82, 2.24) is 0 Å². The molecule has 61 heavy (non-hydrogen) atoms. The first-order valence-corrected chi connectivity index (χ1v) is 24.5. The molecular formula is C53H91NO7. The summed E-state index contributed by atoms with van der Waals surface area (Å²) in [6.07, 6.45) is 55.0. The van der Waals surface area contributed by atoms with Gasteiger partial charge in [-0.25, -0.2) is 0 Å². The summed E-state index contributed by atoms with van der Waals surface area (Å²) in [7, 11) is 5.40. The number of quaternary nitrogens is 1. The SMILES string of the molecule is CC/C=C/C/C=C/C/C=C/C/C=C/C/C=C/C/C=C/CCCCC(=O)OCC(COCCC(C(=O)[O-])[N+](C)(C)C)OC(=O)CCCCCCCCCCCCCCCCCC. The molecule has 0 aromatic rings. The molecule has 0 heterocycles. The number of carbonyl (C=O) groups excluding carboxylic acids is 3. The fourth-order valence-corrected chi connectivity index (χ4v) is 6.84. The van der Waals surface area contributed by atoms with Crippen molar-refractivity contribution in [2.24, 2.45) is 0 Å². The number of allylic oxidation sites excluding steroid dienone is 12. The van der Waals surface area contributed by atoms with Crippen LogP contribution in [0.4, 0.5) is 0 Å². The maximum atomic E-state index is 12.8. The summed E-state index contributed by atoms with van der Waals surface area (Å²) in [5.74, 6) is -1.79. The fourth-order valence-electron chi connectivity index (χ4n) is 6.84. The van der Waals surface area contributed by atoms with Crippen LogP contribution in [0.2, 0.25) is 0 Å². The van der Waals surface area contributed by atoms with Crippen LogP contribution in [0.3, 0.4) is 0 Å². The van der Waals surface area contributed by atoms with Gasteiger partial charge in [-0.2, -0.15) is 0 Å². The molecule has 0 bridgehead atoms. The van der Waals surface area contributed by atoms with E-state index < -0.39 is 18.1 Å². The van der Waals surface area contributed by atoms with Gasteiger partial charge < -0.3 is 28.6 Å². The summed E-state index contributed by atoms with van der Waals surface area (Å²) in [4.78, 5) is 37.0. The molecule has 0 aliphatic heterocycles. The number of carboxylic acids is 1. The highest BCUT2D eigenvalue weighted by atomic mass is 16.6. The van der Waals surface area contributed by atoms with Gasteiger partial charge in [0, 0.05) is 19.3 Å². The molecule has 0 aromatic carbocycles. The highest BCUT2D eigenvalue weighted by molar-refractivity contribution is 5.70. The van der Waals surface area contributed by atoms with Crippen LogP contribution in [0.5, 0.6) is 0 Å². The molecule has 0 aromatic heterocycles. The molecule has 350 valence electrons. The molecule has 8 heteroatoms. The van der Waals surface area contributed by atoms with E-state index in [1.165, 1.54) is 83.5 Å². The molecule has 8 nitrogen and oxygen atoms in total. The van der Waals surface area contributed by atoms with Crippen LogP contribution in [0.25, 0.3) is 0 Å². The molecule has 0 fully saturated rings. The van der Waals surface area contributed by atoms with Gasteiger partial charge in [0.25, 0.3) is 0 Å². The Kier molecular flexibility index (Phi) is 41.1. The average molecular weight is 854 g/mol. The number of hydrogen-bond donors (Lipinski definition) is 0. The molecule has 0 saturated heterocycles. The Hall–Kier alpha value is -3.23. The number of carboxylic acid groups (broad SMARTS) is 1. The van der Waals surface area contributed by atoms with E-state index >= 15 is 0 Å². The zero-order valence-electron chi connectivity index (χ0n) is 39.8. The Morgan fingerprint density at radius 1 is 0.508 bits per heavy atom. The topological polar surface area (TPSA) is 102 Å². The lowest BCUT2D eigenvalue weighted by molar-refractivity contribution is -0.889. The van der Waals surface area contributed by atoms with Crippen molar-refractivity contribution in [3.05, 3.63) is 72.9 Å². The Morgan fingerprint density at radius 2 is 0.918 bits per heavy atom. The van der Waals surface area contributed by atoms with E-state index in [2.05, 4.69) is 86.8 Å². The maximum absolute atomic E-state index is 12.8. The lowest BCUT2D eigenvalue weighted by Crippen LogP contribution is -2.55. The van der Waals surface area contributed by atoms with Crippen molar-refractivity contribution >= 4 is 17.9 Å². The molecule has 0 aliphatic rings. The quantitative estimate of drug-likeness (QED) is 0.0260. The monoisotopic (exact) mass is 854 g/mol. The van der Waals surface area contributed by atoms with E-state index in [4.69, 9.17) is 14.2 Å². The predicted molar refractivity (Wildman–Crippen MR) is 254 cm³/mol. The molecule has 2 unspecified atom stereocenters. The van der Waals surface area contributed by atoms with Crippen molar-refractivity contribution in [1.29, 1.82) is 0 Å². The molecule has 0 rings (SSSR count). The van der Waals surface area contributed by atoms with Gasteiger partial charge in [-0.1, -0.05) is 183 Å². The zero-order valence-corrected chi connectivity index (χ0v) is 39.8. The average Bonchev–Trinajstić information content (AvgIpc) is 3.22. The summed E-state index contributed by atoms with van der Waals surface area (Å²) in [5, 5.41) is 11.6. The highest BCUT2D eigenvalue weighted by Crippen LogP contribution is 2.15. The van der Waals surface area contributed by atoms with Gasteiger partial charge in [0.1, 0.15) is 12.6 Å². The molecule has 0 aliphatic carbocycles. The largest absolute Gasteiger partial charge is 0.544 e. The number of likely N-dealkylation sites (N-methyl/N-ethyl adjacent to an activating group) is 1. The van der Waals surface area contributed by atoms with Crippen molar-refractivity contribution < 1.29 is 38.2 Å². The van der Waals surface area contributed by atoms with Crippen LogP contribution in [-0.2, 0) is 28.6 Å². The standard InChI is InChI=1S/C53H91NO7/c1-6-8-10-12-14-16-18-20-22-24-25-26-27-28-30-31-33-35-37-39-41-43-51(55)60-48-49(47-59-46-45-50(53(57)58)54(3,4)5)61-52(56)44-42-40-38-36-34-32-29-23-21-19-17-15-13-11-9-7-2/h8,10,14,16,20,22,25-26,28,30,33,35,49-50H,6-7,9,11-13,15,17-19,21,23-24,27,29,31-32,34,36-48H2,1-5H3/b10-8+,16-14+,22-20+,26-25+,30-28+,35-33+. The summed E-state index contributed by atoms with van der Waals surface area (Å²) in [5.41, 5.74) is 0. The Bertz CT molecular complexity index is 1230. The van der Waals surface area contributed by atoms with Crippen molar-refractivity contribution in [2.45, 2.75) is 206 Å². The van der Waals surface area contributed by atoms with Gasteiger partial charge >= 0.3 is 11.9 Å². The van der Waals surface area contributed by atoms with Gasteiger partial charge in [-0.3, -0.25) is 9.59 Å². The number of ether oxygens (including phenoxy) is 3. The number of hydrogen-bond acceptors (Lipinski definition) is 7. The van der Waals surface area contributed by atoms with Crippen LogP contribution in [0, 0.1) is 0 Å². The molecule has 2 atom stereocenters. The summed E-state index contributed by atoms with van der Waals surface area (Å²) in [6, 6.07) is -0.735. The smallest absolute Gasteiger partial charge is 0.306 e. The minimum atomic E-state index is -1.13. The Balaban J connectivity index is 4.36. The maximum Gasteiger partial charge on any atom is 0.306 e. The number of esters is 2.